The van der Waals surface area contributed by atoms with E-state index in [1.54, 1.807) is 17.4 Å². The summed E-state index contributed by atoms with van der Waals surface area (Å²) in [4.78, 5) is 0. The van der Waals surface area contributed by atoms with Crippen molar-refractivity contribution in [3.63, 3.8) is 0 Å². The molecule has 0 amide bonds. The van der Waals surface area contributed by atoms with Gasteiger partial charge in [0.05, 0.1) is 11.0 Å². The summed E-state index contributed by atoms with van der Waals surface area (Å²) < 4.78 is 4.74. The van der Waals surface area contributed by atoms with Crippen molar-refractivity contribution in [2.45, 2.75) is 13.8 Å². The molecule has 6 aromatic rings. The topological polar surface area (TPSA) is 45.4 Å². The highest BCUT2D eigenvalue weighted by atomic mass is 32.1. The molecule has 2 heterocycles. The van der Waals surface area contributed by atoms with Crippen LogP contribution in [0.4, 0.5) is 0 Å². The Bertz CT molecular complexity index is 1530. The summed E-state index contributed by atoms with van der Waals surface area (Å²) in [5.74, 6) is 0. The van der Waals surface area contributed by atoms with E-state index in [1.807, 2.05) is 44.2 Å². The first kappa shape index (κ1) is 19.8. The van der Waals surface area contributed by atoms with E-state index < -0.39 is 7.12 Å². The van der Waals surface area contributed by atoms with E-state index in [0.717, 1.165) is 27.5 Å². The molecular formula is C26H22BNO2S. The van der Waals surface area contributed by atoms with Crippen molar-refractivity contribution >= 4 is 65.9 Å². The number of fused-ring (bicyclic) bond motifs is 7. The van der Waals surface area contributed by atoms with Gasteiger partial charge in [0.25, 0.3) is 0 Å². The van der Waals surface area contributed by atoms with Crippen LogP contribution in [0, 0.1) is 0 Å². The van der Waals surface area contributed by atoms with E-state index in [1.165, 1.54) is 20.2 Å². The van der Waals surface area contributed by atoms with Gasteiger partial charge in [-0.15, -0.1) is 11.3 Å². The molecule has 2 N–H and O–H groups in total. The zero-order valence-corrected chi connectivity index (χ0v) is 18.2. The van der Waals surface area contributed by atoms with Crippen molar-refractivity contribution in [3.8, 4) is 5.69 Å². The molecule has 0 aliphatic rings. The van der Waals surface area contributed by atoms with Crippen molar-refractivity contribution in [2.24, 2.45) is 0 Å². The lowest BCUT2D eigenvalue weighted by atomic mass is 9.80. The fourth-order valence-corrected chi connectivity index (χ4v) is 5.58. The minimum Gasteiger partial charge on any atom is -0.423 e. The summed E-state index contributed by atoms with van der Waals surface area (Å²) in [6.07, 6.45) is 0. The molecule has 0 aliphatic heterocycles. The van der Waals surface area contributed by atoms with Gasteiger partial charge in [-0.05, 0) is 35.8 Å². The van der Waals surface area contributed by atoms with Crippen LogP contribution < -0.4 is 5.46 Å². The Morgan fingerprint density at radius 3 is 2.19 bits per heavy atom. The third-order valence-electron chi connectivity index (χ3n) is 5.61. The first-order valence-electron chi connectivity index (χ1n) is 10.5. The van der Waals surface area contributed by atoms with E-state index in [-0.39, 0.29) is 0 Å². The summed E-state index contributed by atoms with van der Waals surface area (Å²) in [6.45, 7) is 4.00. The van der Waals surface area contributed by atoms with E-state index in [2.05, 4.69) is 53.1 Å². The zero-order chi connectivity index (χ0) is 21.5. The molecule has 0 unspecified atom stereocenters. The predicted molar refractivity (Wildman–Crippen MR) is 135 cm³/mol. The molecule has 31 heavy (non-hydrogen) atoms. The van der Waals surface area contributed by atoms with Crippen LogP contribution in [0.25, 0.3) is 47.7 Å². The van der Waals surface area contributed by atoms with Gasteiger partial charge in [-0.2, -0.15) is 0 Å². The van der Waals surface area contributed by atoms with Crippen molar-refractivity contribution in [1.29, 1.82) is 0 Å². The summed E-state index contributed by atoms with van der Waals surface area (Å²) in [6, 6.07) is 28.8. The van der Waals surface area contributed by atoms with Crippen LogP contribution in [0.15, 0.2) is 84.9 Å². The van der Waals surface area contributed by atoms with Crippen LogP contribution in [0.3, 0.4) is 0 Å². The third-order valence-corrected chi connectivity index (χ3v) is 6.81. The number of para-hydroxylation sites is 1. The van der Waals surface area contributed by atoms with E-state index in [9.17, 15) is 10.0 Å². The van der Waals surface area contributed by atoms with Gasteiger partial charge in [0.15, 0.2) is 0 Å². The molecule has 2 aromatic heterocycles. The summed E-state index contributed by atoms with van der Waals surface area (Å²) in [5.41, 5.74) is 3.77. The van der Waals surface area contributed by atoms with Gasteiger partial charge in [0.1, 0.15) is 0 Å². The van der Waals surface area contributed by atoms with E-state index >= 15 is 0 Å². The summed E-state index contributed by atoms with van der Waals surface area (Å²) in [5, 5.41) is 24.2. The van der Waals surface area contributed by atoms with Crippen molar-refractivity contribution < 1.29 is 10.0 Å². The Hall–Kier alpha value is -3.12. The molecule has 5 heteroatoms. The fraction of sp³-hybridized carbons (Fsp3) is 0.0769. The molecule has 0 radical (unpaired) electrons. The quantitative estimate of drug-likeness (QED) is 0.343. The zero-order valence-electron chi connectivity index (χ0n) is 17.4. The summed E-state index contributed by atoms with van der Waals surface area (Å²) in [7, 11) is -1.49. The lowest BCUT2D eigenvalue weighted by Gasteiger charge is -2.07. The van der Waals surface area contributed by atoms with Crippen molar-refractivity contribution in [3.05, 3.63) is 84.9 Å². The minimum atomic E-state index is -1.49. The normalized spacial score (nSPS) is 11.2. The van der Waals surface area contributed by atoms with Gasteiger partial charge in [0.2, 0.25) is 0 Å². The highest BCUT2D eigenvalue weighted by molar-refractivity contribution is 7.26. The van der Waals surface area contributed by atoms with E-state index in [0.29, 0.717) is 5.46 Å². The molecule has 4 aromatic carbocycles. The number of thiophene rings is 1. The van der Waals surface area contributed by atoms with Crippen LogP contribution in [0.1, 0.15) is 13.8 Å². The molecule has 0 saturated heterocycles. The molecule has 0 aliphatic carbocycles. The van der Waals surface area contributed by atoms with Crippen molar-refractivity contribution in [1.82, 2.24) is 4.57 Å². The number of hydrogen-bond acceptors (Lipinski definition) is 3. The van der Waals surface area contributed by atoms with Crippen LogP contribution >= 0.6 is 11.3 Å². The minimum absolute atomic E-state index is 0.503. The second-order valence-electron chi connectivity index (χ2n) is 7.26. The average molecular weight is 423 g/mol. The Morgan fingerprint density at radius 2 is 1.42 bits per heavy atom. The number of nitrogens with zero attached hydrogens (tertiary/aromatic N) is 1. The summed E-state index contributed by atoms with van der Waals surface area (Å²) >= 11 is 1.79. The SMILES string of the molecule is CC.OB(O)c1ccc2c(c1)c1c3sc4ccccc4c3ccc1n2-c1ccccc1. The van der Waals surface area contributed by atoms with Gasteiger partial charge in [-0.1, -0.05) is 68.4 Å². The largest absolute Gasteiger partial charge is 0.488 e. The second kappa shape index (κ2) is 7.86. The number of hydrogen-bond donors (Lipinski definition) is 2. The molecule has 0 atom stereocenters. The molecule has 0 bridgehead atoms. The highest BCUT2D eigenvalue weighted by Gasteiger charge is 2.19. The highest BCUT2D eigenvalue weighted by Crippen LogP contribution is 2.42. The first-order valence-corrected chi connectivity index (χ1v) is 11.3. The smallest absolute Gasteiger partial charge is 0.423 e. The van der Waals surface area contributed by atoms with Gasteiger partial charge in [-0.3, -0.25) is 0 Å². The molecular weight excluding hydrogens is 401 g/mol. The van der Waals surface area contributed by atoms with Crippen LogP contribution in [-0.4, -0.2) is 21.7 Å². The standard InChI is InChI=1S/C24H16BNO2S.C2H6/c27-25(28)15-10-12-20-19(14-15)23-21(26(20)16-6-2-1-3-7-16)13-11-18-17-8-4-5-9-22(17)29-24(18)23;1-2/h1-14,27-28H;1-2H3. The molecule has 0 fully saturated rings. The Labute approximate surface area is 184 Å². The molecule has 3 nitrogen and oxygen atoms in total. The predicted octanol–water partition coefficient (Wildman–Crippen LogP) is 5.86. The Morgan fingerprint density at radius 1 is 0.710 bits per heavy atom. The van der Waals surface area contributed by atoms with Crippen molar-refractivity contribution in [2.75, 3.05) is 0 Å². The van der Waals surface area contributed by atoms with E-state index in [4.69, 9.17) is 0 Å². The molecule has 6 rings (SSSR count). The maximum absolute atomic E-state index is 9.76. The number of rotatable bonds is 2. The van der Waals surface area contributed by atoms with Crippen LogP contribution in [-0.2, 0) is 0 Å². The lowest BCUT2D eigenvalue weighted by molar-refractivity contribution is 0.426. The lowest BCUT2D eigenvalue weighted by Crippen LogP contribution is -2.29. The van der Waals surface area contributed by atoms with Crippen LogP contribution in [0.5, 0.6) is 0 Å². The van der Waals surface area contributed by atoms with Gasteiger partial charge in [0, 0.05) is 36.6 Å². The Kier molecular flexibility index (Phi) is 5.02. The Balaban J connectivity index is 0.000000994. The van der Waals surface area contributed by atoms with Gasteiger partial charge >= 0.3 is 7.12 Å². The average Bonchev–Trinajstić information content (AvgIpc) is 3.36. The molecule has 152 valence electrons. The third kappa shape index (κ3) is 3.05. The fourth-order valence-electron chi connectivity index (χ4n) is 4.32. The number of benzene rings is 4. The monoisotopic (exact) mass is 423 g/mol. The van der Waals surface area contributed by atoms with Gasteiger partial charge < -0.3 is 14.6 Å². The van der Waals surface area contributed by atoms with Crippen LogP contribution in [0.2, 0.25) is 0 Å². The maximum atomic E-state index is 9.76. The van der Waals surface area contributed by atoms with Gasteiger partial charge in [-0.25, -0.2) is 0 Å². The second-order valence-corrected chi connectivity index (χ2v) is 8.31. The number of aromatic nitrogens is 1. The first-order chi connectivity index (χ1) is 15.2. The molecule has 0 saturated carbocycles. The maximum Gasteiger partial charge on any atom is 0.488 e. The molecule has 0 spiro atoms.